The van der Waals surface area contributed by atoms with Crippen LogP contribution < -0.4 is 0 Å². The molecular formula is C17H24O4. The molecule has 0 aliphatic rings. The number of rotatable bonds is 9. The van der Waals surface area contributed by atoms with Gasteiger partial charge in [-0.25, -0.2) is 0 Å². The fourth-order valence-electron chi connectivity index (χ4n) is 2.07. The van der Waals surface area contributed by atoms with Crippen molar-refractivity contribution < 1.29 is 20.1 Å². The summed E-state index contributed by atoms with van der Waals surface area (Å²) in [5, 5.41) is 27.8. The lowest BCUT2D eigenvalue weighted by Crippen LogP contribution is -2.02. The van der Waals surface area contributed by atoms with E-state index in [4.69, 9.17) is 5.11 Å². The van der Waals surface area contributed by atoms with E-state index in [-0.39, 0.29) is 23.4 Å². The molecule has 0 radical (unpaired) electrons. The van der Waals surface area contributed by atoms with Crippen LogP contribution in [-0.2, 0) is 4.79 Å². The molecule has 0 saturated heterocycles. The van der Waals surface area contributed by atoms with Crippen molar-refractivity contribution in [1.29, 1.82) is 0 Å². The molecule has 1 aromatic carbocycles. The van der Waals surface area contributed by atoms with Crippen molar-refractivity contribution in [2.45, 2.75) is 51.6 Å². The van der Waals surface area contributed by atoms with Crippen LogP contribution in [0.25, 0.3) is 6.08 Å². The maximum atomic E-state index is 11.6. The molecular weight excluding hydrogens is 268 g/mol. The molecule has 0 fully saturated rings. The van der Waals surface area contributed by atoms with Crippen molar-refractivity contribution in [3.05, 3.63) is 29.8 Å². The van der Waals surface area contributed by atoms with Crippen LogP contribution in [0.4, 0.5) is 0 Å². The second-order valence-corrected chi connectivity index (χ2v) is 5.36. The molecule has 21 heavy (non-hydrogen) atoms. The maximum Gasteiger partial charge on any atom is 0.132 e. The molecule has 4 heteroatoms. The van der Waals surface area contributed by atoms with E-state index in [1.165, 1.54) is 6.07 Å². The molecule has 4 nitrogen and oxygen atoms in total. The summed E-state index contributed by atoms with van der Waals surface area (Å²) in [5.41, 5.74) is 0.732. The number of aliphatic hydroxyl groups excluding tert-OH is 1. The number of aliphatic hydroxyl groups is 1. The Morgan fingerprint density at radius 2 is 1.76 bits per heavy atom. The standard InChI is InChI=1S/C17H24O4/c1-13(18)6-5-9-15(19)8-4-2-3-7-14-10-16(20)12-17(21)11-14/h3,7,10-13,18,20-21H,2,4-6,8-9H2,1H3/b7-3+. The van der Waals surface area contributed by atoms with Gasteiger partial charge in [0.2, 0.25) is 0 Å². The lowest BCUT2D eigenvalue weighted by atomic mass is 10.1. The Kier molecular flexibility index (Phi) is 7.54. The van der Waals surface area contributed by atoms with Gasteiger partial charge in [-0.3, -0.25) is 4.79 Å². The van der Waals surface area contributed by atoms with Crippen molar-refractivity contribution in [1.82, 2.24) is 0 Å². The minimum Gasteiger partial charge on any atom is -0.508 e. The van der Waals surface area contributed by atoms with Gasteiger partial charge in [0.25, 0.3) is 0 Å². The number of phenolic OH excluding ortho intramolecular Hbond substituents is 2. The number of hydrogen-bond acceptors (Lipinski definition) is 4. The average molecular weight is 292 g/mol. The highest BCUT2D eigenvalue weighted by Gasteiger charge is 2.03. The van der Waals surface area contributed by atoms with Crippen molar-refractivity contribution in [2.24, 2.45) is 0 Å². The van der Waals surface area contributed by atoms with Crippen LogP contribution in [0, 0.1) is 0 Å². The zero-order valence-electron chi connectivity index (χ0n) is 12.5. The fraction of sp³-hybridized carbons (Fsp3) is 0.471. The average Bonchev–Trinajstić information content (AvgIpc) is 2.36. The highest BCUT2D eigenvalue weighted by atomic mass is 16.3. The zero-order valence-corrected chi connectivity index (χ0v) is 12.5. The number of carbonyl (C=O) groups excluding carboxylic acids is 1. The Morgan fingerprint density at radius 1 is 1.14 bits per heavy atom. The largest absolute Gasteiger partial charge is 0.508 e. The van der Waals surface area contributed by atoms with Gasteiger partial charge < -0.3 is 15.3 Å². The predicted molar refractivity (Wildman–Crippen MR) is 83.2 cm³/mol. The SMILES string of the molecule is CC(O)CCCC(=O)CCC/C=C/c1cc(O)cc(O)c1. The lowest BCUT2D eigenvalue weighted by Gasteiger charge is -2.03. The quantitative estimate of drug-likeness (QED) is 0.610. The Labute approximate surface area is 125 Å². The summed E-state index contributed by atoms with van der Waals surface area (Å²) >= 11 is 0. The number of benzene rings is 1. The summed E-state index contributed by atoms with van der Waals surface area (Å²) in [5.74, 6) is 0.296. The minimum atomic E-state index is -0.334. The molecule has 3 N–H and O–H groups in total. The molecule has 0 spiro atoms. The number of carbonyl (C=O) groups is 1. The molecule has 0 amide bonds. The van der Waals surface area contributed by atoms with E-state index in [1.807, 2.05) is 12.2 Å². The first-order valence-corrected chi connectivity index (χ1v) is 7.36. The minimum absolute atomic E-state index is 0.0305. The van der Waals surface area contributed by atoms with E-state index in [0.717, 1.165) is 24.8 Å². The van der Waals surface area contributed by atoms with Crippen molar-refractivity contribution >= 4 is 11.9 Å². The second-order valence-electron chi connectivity index (χ2n) is 5.36. The Balaban J connectivity index is 2.21. The third-order valence-corrected chi connectivity index (χ3v) is 3.14. The van der Waals surface area contributed by atoms with E-state index >= 15 is 0 Å². The fourth-order valence-corrected chi connectivity index (χ4v) is 2.07. The van der Waals surface area contributed by atoms with Gasteiger partial charge in [0.15, 0.2) is 0 Å². The normalized spacial score (nSPS) is 12.7. The van der Waals surface area contributed by atoms with Gasteiger partial charge in [-0.1, -0.05) is 12.2 Å². The number of unbranched alkanes of at least 4 members (excludes halogenated alkanes) is 1. The molecule has 0 saturated carbocycles. The van der Waals surface area contributed by atoms with Crippen LogP contribution in [0.3, 0.4) is 0 Å². The van der Waals surface area contributed by atoms with Crippen LogP contribution in [0.5, 0.6) is 11.5 Å². The Morgan fingerprint density at radius 3 is 2.38 bits per heavy atom. The molecule has 1 atom stereocenters. The summed E-state index contributed by atoms with van der Waals surface area (Å²) in [6.07, 6.45) is 7.48. The summed E-state index contributed by atoms with van der Waals surface area (Å²) in [6, 6.07) is 4.41. The molecule has 0 bridgehead atoms. The van der Waals surface area contributed by atoms with Crippen molar-refractivity contribution in [3.8, 4) is 11.5 Å². The van der Waals surface area contributed by atoms with Crippen molar-refractivity contribution in [2.75, 3.05) is 0 Å². The summed E-state index contributed by atoms with van der Waals surface area (Å²) in [4.78, 5) is 11.6. The molecule has 0 aliphatic heterocycles. The zero-order chi connectivity index (χ0) is 15.7. The van der Waals surface area contributed by atoms with E-state index < -0.39 is 0 Å². The van der Waals surface area contributed by atoms with Crippen LogP contribution in [-0.4, -0.2) is 27.2 Å². The lowest BCUT2D eigenvalue weighted by molar-refractivity contribution is -0.119. The first kappa shape index (κ1) is 17.2. The van der Waals surface area contributed by atoms with E-state index in [0.29, 0.717) is 19.3 Å². The maximum absolute atomic E-state index is 11.6. The Bertz CT molecular complexity index is 457. The predicted octanol–water partition coefficient (Wildman–Crippen LogP) is 3.40. The molecule has 1 rings (SSSR count). The van der Waals surface area contributed by atoms with Crippen molar-refractivity contribution in [3.63, 3.8) is 0 Å². The van der Waals surface area contributed by atoms with Gasteiger partial charge in [0, 0.05) is 18.9 Å². The van der Waals surface area contributed by atoms with Crippen LogP contribution >= 0.6 is 0 Å². The molecule has 0 aromatic heterocycles. The summed E-state index contributed by atoms with van der Waals surface area (Å²) in [7, 11) is 0. The monoisotopic (exact) mass is 292 g/mol. The molecule has 0 heterocycles. The number of hydrogen-bond donors (Lipinski definition) is 3. The number of ketones is 1. The third kappa shape index (κ3) is 8.15. The molecule has 1 unspecified atom stereocenters. The van der Waals surface area contributed by atoms with Gasteiger partial charge in [-0.2, -0.15) is 0 Å². The molecule has 0 aliphatic carbocycles. The Hall–Kier alpha value is -1.81. The number of Topliss-reactive ketones (excluding diaryl/α,β-unsaturated/α-hetero) is 1. The first-order chi connectivity index (χ1) is 9.97. The van der Waals surface area contributed by atoms with Crippen LogP contribution in [0.2, 0.25) is 0 Å². The summed E-state index contributed by atoms with van der Waals surface area (Å²) in [6.45, 7) is 1.73. The summed E-state index contributed by atoms with van der Waals surface area (Å²) < 4.78 is 0. The van der Waals surface area contributed by atoms with Gasteiger partial charge in [-0.15, -0.1) is 0 Å². The van der Waals surface area contributed by atoms with E-state index in [1.54, 1.807) is 19.1 Å². The number of allylic oxidation sites excluding steroid dienone is 1. The number of phenols is 2. The van der Waals surface area contributed by atoms with Gasteiger partial charge in [-0.05, 0) is 50.3 Å². The highest BCUT2D eigenvalue weighted by Crippen LogP contribution is 2.21. The first-order valence-electron chi connectivity index (χ1n) is 7.36. The van der Waals surface area contributed by atoms with Gasteiger partial charge in [0.05, 0.1) is 6.10 Å². The topological polar surface area (TPSA) is 77.8 Å². The second kappa shape index (κ2) is 9.19. The number of aromatic hydroxyl groups is 2. The van der Waals surface area contributed by atoms with E-state index in [2.05, 4.69) is 0 Å². The van der Waals surface area contributed by atoms with Gasteiger partial charge in [0.1, 0.15) is 17.3 Å². The van der Waals surface area contributed by atoms with Crippen LogP contribution in [0.1, 0.15) is 51.0 Å². The smallest absolute Gasteiger partial charge is 0.132 e. The third-order valence-electron chi connectivity index (χ3n) is 3.14. The van der Waals surface area contributed by atoms with Gasteiger partial charge >= 0.3 is 0 Å². The van der Waals surface area contributed by atoms with E-state index in [9.17, 15) is 15.0 Å². The molecule has 116 valence electrons. The van der Waals surface area contributed by atoms with Crippen LogP contribution in [0.15, 0.2) is 24.3 Å². The molecule has 1 aromatic rings. The highest BCUT2D eigenvalue weighted by molar-refractivity contribution is 5.78.